The van der Waals surface area contributed by atoms with E-state index < -0.39 is 0 Å². The van der Waals surface area contributed by atoms with Crippen molar-refractivity contribution in [2.45, 2.75) is 0 Å². The topological polar surface area (TPSA) is 37.1 Å². The number of hydrogen-bond acceptors (Lipinski definition) is 3. The highest BCUT2D eigenvalue weighted by atomic mass is 15.1. The Morgan fingerprint density at radius 2 is 2.14 bits per heavy atom. The van der Waals surface area contributed by atoms with Crippen molar-refractivity contribution in [3.63, 3.8) is 0 Å². The molecule has 0 aliphatic carbocycles. The Balaban J connectivity index is 3.27. The van der Waals surface area contributed by atoms with Crippen molar-refractivity contribution >= 4 is 6.72 Å². The van der Waals surface area contributed by atoms with Gasteiger partial charge in [-0.2, -0.15) is 10.2 Å². The van der Waals surface area contributed by atoms with Gasteiger partial charge in [-0.05, 0) is 6.72 Å². The van der Waals surface area contributed by atoms with Gasteiger partial charge in [0.15, 0.2) is 0 Å². The van der Waals surface area contributed by atoms with Crippen molar-refractivity contribution in [3.8, 4) is 0 Å². The molecular formula is C4H7N3. The van der Waals surface area contributed by atoms with Gasteiger partial charge in [0, 0.05) is 13.2 Å². The Labute approximate surface area is 42.5 Å². The van der Waals surface area contributed by atoms with E-state index in [-0.39, 0.29) is 0 Å². The SMILES string of the molecule is C=N/C=C\N=NC. The average molecular weight is 97.1 g/mol. The van der Waals surface area contributed by atoms with Crippen LogP contribution in [-0.4, -0.2) is 13.8 Å². The fraction of sp³-hybridized carbons (Fsp3) is 0.250. The standard InChI is InChI=1S/C4H7N3/c1-5-3-4-7-6-2/h3-4H,1H2,2H3/b4-3-,7-6?. The normalized spacial score (nSPS) is 11.0. The smallest absolute Gasteiger partial charge is 0.0673 e. The van der Waals surface area contributed by atoms with Crippen LogP contribution in [0, 0.1) is 0 Å². The molecule has 0 fully saturated rings. The molecule has 0 saturated carbocycles. The van der Waals surface area contributed by atoms with Gasteiger partial charge in [0.05, 0.1) is 6.20 Å². The summed E-state index contributed by atoms with van der Waals surface area (Å²) in [4.78, 5) is 3.39. The van der Waals surface area contributed by atoms with Crippen LogP contribution in [0.1, 0.15) is 0 Å². The van der Waals surface area contributed by atoms with Gasteiger partial charge in [0.25, 0.3) is 0 Å². The molecule has 0 rings (SSSR count). The molecule has 0 atom stereocenters. The highest BCUT2D eigenvalue weighted by molar-refractivity contribution is 5.25. The molecule has 38 valence electrons. The summed E-state index contributed by atoms with van der Waals surface area (Å²) >= 11 is 0. The maximum atomic E-state index is 3.47. The van der Waals surface area contributed by atoms with Crippen molar-refractivity contribution in [2.75, 3.05) is 7.05 Å². The monoisotopic (exact) mass is 97.1 g/mol. The molecule has 0 aromatic rings. The van der Waals surface area contributed by atoms with Crippen molar-refractivity contribution in [2.24, 2.45) is 15.2 Å². The first-order valence-corrected chi connectivity index (χ1v) is 1.81. The van der Waals surface area contributed by atoms with Crippen molar-refractivity contribution in [1.82, 2.24) is 0 Å². The van der Waals surface area contributed by atoms with E-state index in [9.17, 15) is 0 Å². The summed E-state index contributed by atoms with van der Waals surface area (Å²) in [5.74, 6) is 0. The van der Waals surface area contributed by atoms with E-state index in [0.717, 1.165) is 0 Å². The number of aliphatic imine (C=N–C) groups is 1. The first-order valence-electron chi connectivity index (χ1n) is 1.81. The largest absolute Gasteiger partial charge is 0.271 e. The molecular weight excluding hydrogens is 90.1 g/mol. The average Bonchev–Trinajstić information content (AvgIpc) is 1.69. The quantitative estimate of drug-likeness (QED) is 0.367. The highest BCUT2D eigenvalue weighted by Gasteiger charge is 1.53. The Morgan fingerprint density at radius 1 is 1.43 bits per heavy atom. The molecule has 0 bridgehead atoms. The third-order valence-electron chi connectivity index (χ3n) is 0.354. The number of nitrogens with zero attached hydrogens (tertiary/aromatic N) is 3. The lowest BCUT2D eigenvalue weighted by atomic mass is 10.9. The van der Waals surface area contributed by atoms with Crippen LogP contribution in [0.4, 0.5) is 0 Å². The van der Waals surface area contributed by atoms with Gasteiger partial charge in [-0.3, -0.25) is 4.99 Å². The van der Waals surface area contributed by atoms with Crippen molar-refractivity contribution in [3.05, 3.63) is 12.4 Å². The van der Waals surface area contributed by atoms with E-state index in [1.807, 2.05) is 0 Å². The Hall–Kier alpha value is -0.990. The minimum atomic E-state index is 1.47. The lowest BCUT2D eigenvalue weighted by Crippen LogP contribution is -1.45. The van der Waals surface area contributed by atoms with Gasteiger partial charge in [0.1, 0.15) is 0 Å². The first-order chi connectivity index (χ1) is 3.41. The minimum absolute atomic E-state index is 1.47. The fourth-order valence-electron chi connectivity index (χ4n) is 0.144. The third-order valence-corrected chi connectivity index (χ3v) is 0.354. The molecule has 0 aromatic carbocycles. The molecule has 7 heavy (non-hydrogen) atoms. The maximum absolute atomic E-state index is 3.47. The molecule has 0 heterocycles. The first kappa shape index (κ1) is 6.01. The van der Waals surface area contributed by atoms with Gasteiger partial charge in [-0.15, -0.1) is 0 Å². The molecule has 0 aromatic heterocycles. The molecule has 3 nitrogen and oxygen atoms in total. The minimum Gasteiger partial charge on any atom is -0.271 e. The zero-order valence-corrected chi connectivity index (χ0v) is 4.20. The Bertz CT molecular complexity index is 93.1. The van der Waals surface area contributed by atoms with Crippen LogP contribution < -0.4 is 0 Å². The van der Waals surface area contributed by atoms with E-state index in [0.29, 0.717) is 0 Å². The van der Waals surface area contributed by atoms with Gasteiger partial charge in [0.2, 0.25) is 0 Å². The second-order valence-corrected chi connectivity index (χ2v) is 0.796. The molecule has 0 spiro atoms. The van der Waals surface area contributed by atoms with Crippen LogP contribution in [0.25, 0.3) is 0 Å². The molecule has 3 heteroatoms. The lowest BCUT2D eigenvalue weighted by molar-refractivity contribution is 1.16. The summed E-state index contributed by atoms with van der Waals surface area (Å²) in [5.41, 5.74) is 0. The number of hydrogen-bond donors (Lipinski definition) is 0. The molecule has 0 aliphatic rings. The second kappa shape index (κ2) is 5.01. The Kier molecular flexibility index (Phi) is 4.30. The van der Waals surface area contributed by atoms with Crippen LogP contribution >= 0.6 is 0 Å². The zero-order chi connectivity index (χ0) is 5.54. The number of rotatable bonds is 2. The van der Waals surface area contributed by atoms with Gasteiger partial charge < -0.3 is 0 Å². The van der Waals surface area contributed by atoms with E-state index in [2.05, 4.69) is 21.9 Å². The lowest BCUT2D eigenvalue weighted by Gasteiger charge is -1.66. The van der Waals surface area contributed by atoms with Crippen LogP contribution in [0.3, 0.4) is 0 Å². The van der Waals surface area contributed by atoms with Crippen molar-refractivity contribution in [1.29, 1.82) is 0 Å². The summed E-state index contributed by atoms with van der Waals surface area (Å²) in [6.45, 7) is 3.19. The fourth-order valence-corrected chi connectivity index (χ4v) is 0.144. The second-order valence-electron chi connectivity index (χ2n) is 0.796. The van der Waals surface area contributed by atoms with Gasteiger partial charge >= 0.3 is 0 Å². The summed E-state index contributed by atoms with van der Waals surface area (Å²) in [6.07, 6.45) is 2.93. The summed E-state index contributed by atoms with van der Waals surface area (Å²) in [7, 11) is 1.59. The van der Waals surface area contributed by atoms with Gasteiger partial charge in [-0.25, -0.2) is 0 Å². The molecule has 0 saturated heterocycles. The van der Waals surface area contributed by atoms with Crippen LogP contribution in [-0.2, 0) is 0 Å². The van der Waals surface area contributed by atoms with E-state index in [1.54, 1.807) is 7.05 Å². The highest BCUT2D eigenvalue weighted by Crippen LogP contribution is 1.73. The van der Waals surface area contributed by atoms with E-state index in [4.69, 9.17) is 0 Å². The zero-order valence-electron chi connectivity index (χ0n) is 4.20. The molecule has 0 unspecified atom stereocenters. The summed E-state index contributed by atoms with van der Waals surface area (Å²) in [5, 5.41) is 6.90. The van der Waals surface area contributed by atoms with Crippen LogP contribution in [0.15, 0.2) is 27.6 Å². The molecule has 0 N–H and O–H groups in total. The molecule has 0 radical (unpaired) electrons. The van der Waals surface area contributed by atoms with Gasteiger partial charge in [-0.1, -0.05) is 0 Å². The maximum Gasteiger partial charge on any atom is 0.0673 e. The molecule has 0 aliphatic heterocycles. The van der Waals surface area contributed by atoms with Crippen molar-refractivity contribution < 1.29 is 0 Å². The Morgan fingerprint density at radius 3 is 2.57 bits per heavy atom. The number of azo groups is 1. The summed E-state index contributed by atoms with van der Waals surface area (Å²) in [6, 6.07) is 0. The predicted octanol–water partition coefficient (Wildman–Crippen LogP) is 1.24. The molecule has 0 amide bonds. The van der Waals surface area contributed by atoms with E-state index >= 15 is 0 Å². The predicted molar refractivity (Wildman–Crippen MR) is 29.5 cm³/mol. The third kappa shape index (κ3) is 5.01. The van der Waals surface area contributed by atoms with Crippen LogP contribution in [0.5, 0.6) is 0 Å². The van der Waals surface area contributed by atoms with Crippen LogP contribution in [0.2, 0.25) is 0 Å². The summed E-state index contributed by atoms with van der Waals surface area (Å²) < 4.78 is 0. The van der Waals surface area contributed by atoms with E-state index in [1.165, 1.54) is 12.4 Å².